The third-order valence-corrected chi connectivity index (χ3v) is 6.91. The minimum atomic E-state index is 0.0493. The summed E-state index contributed by atoms with van der Waals surface area (Å²) in [4.78, 5) is 13.2. The van der Waals surface area contributed by atoms with Crippen LogP contribution in [0.15, 0.2) is 42.2 Å². The molecule has 2 aromatic rings. The van der Waals surface area contributed by atoms with Gasteiger partial charge in [-0.25, -0.2) is 0 Å². The Bertz CT molecular complexity index is 1050. The highest BCUT2D eigenvalue weighted by atomic mass is 16.6. The Balaban J connectivity index is 1.41. The van der Waals surface area contributed by atoms with E-state index in [0.29, 0.717) is 37.5 Å². The molecule has 1 N–H and O–H groups in total. The van der Waals surface area contributed by atoms with Gasteiger partial charge in [0, 0.05) is 26.1 Å². The van der Waals surface area contributed by atoms with Crippen LogP contribution in [0.4, 0.5) is 0 Å². The lowest BCUT2D eigenvalue weighted by molar-refractivity contribution is -0.115. The van der Waals surface area contributed by atoms with Crippen LogP contribution >= 0.6 is 0 Å². The normalized spacial score (nSPS) is 21.7. The molecule has 0 spiro atoms. The molecule has 168 valence electrons. The maximum Gasteiger partial charge on any atom is 0.167 e. The molecule has 0 amide bonds. The SMILES string of the molecule is Cc1ccc(-c2ccc3c(c2)OCCO3)cc1C1=C(O)CC(CC2CCOCC2)CC1=O. The van der Waals surface area contributed by atoms with Crippen LogP contribution in [0.1, 0.15) is 43.2 Å². The first-order valence-electron chi connectivity index (χ1n) is 11.6. The molecule has 5 nitrogen and oxygen atoms in total. The van der Waals surface area contributed by atoms with Gasteiger partial charge in [0.15, 0.2) is 17.3 Å². The standard InChI is InChI=1S/C27H30O5/c1-17-2-3-20(21-4-5-25-26(16-21)32-11-10-31-25)15-22(17)27-23(28)13-19(14-24(27)29)12-18-6-8-30-9-7-18/h2-5,15-16,18-19,28H,6-14H2,1H3. The summed E-state index contributed by atoms with van der Waals surface area (Å²) in [6, 6.07) is 12.0. The predicted octanol–water partition coefficient (Wildman–Crippen LogP) is 5.50. The molecule has 2 aromatic carbocycles. The van der Waals surface area contributed by atoms with Gasteiger partial charge in [-0.15, -0.1) is 0 Å². The lowest BCUT2D eigenvalue weighted by Gasteiger charge is -2.29. The van der Waals surface area contributed by atoms with Gasteiger partial charge in [-0.3, -0.25) is 4.79 Å². The summed E-state index contributed by atoms with van der Waals surface area (Å²) in [5.41, 5.74) is 4.29. The summed E-state index contributed by atoms with van der Waals surface area (Å²) in [6.07, 6.45) is 4.18. The molecule has 0 bridgehead atoms. The van der Waals surface area contributed by atoms with E-state index in [1.165, 1.54) is 0 Å². The fourth-order valence-electron chi connectivity index (χ4n) is 5.19. The predicted molar refractivity (Wildman–Crippen MR) is 123 cm³/mol. The second-order valence-corrected chi connectivity index (χ2v) is 9.20. The first kappa shape index (κ1) is 21.1. The van der Waals surface area contributed by atoms with E-state index in [-0.39, 0.29) is 17.5 Å². The third kappa shape index (κ3) is 4.26. The van der Waals surface area contributed by atoms with Gasteiger partial charge in [-0.05, 0) is 78.5 Å². The molecule has 5 heteroatoms. The van der Waals surface area contributed by atoms with Crippen molar-refractivity contribution in [3.63, 3.8) is 0 Å². The number of aliphatic hydroxyl groups is 1. The minimum absolute atomic E-state index is 0.0493. The number of ether oxygens (including phenoxy) is 3. The van der Waals surface area contributed by atoms with Crippen molar-refractivity contribution >= 4 is 11.4 Å². The van der Waals surface area contributed by atoms with Gasteiger partial charge in [0.05, 0.1) is 5.57 Å². The Hall–Kier alpha value is -2.79. The molecule has 0 aromatic heterocycles. The highest BCUT2D eigenvalue weighted by Gasteiger charge is 2.31. The Morgan fingerprint density at radius 2 is 1.59 bits per heavy atom. The van der Waals surface area contributed by atoms with Crippen molar-refractivity contribution in [2.24, 2.45) is 11.8 Å². The van der Waals surface area contributed by atoms with E-state index >= 15 is 0 Å². The topological polar surface area (TPSA) is 65.0 Å². The second-order valence-electron chi connectivity index (χ2n) is 9.20. The zero-order valence-electron chi connectivity index (χ0n) is 18.6. The van der Waals surface area contributed by atoms with Crippen LogP contribution in [0.2, 0.25) is 0 Å². The first-order chi connectivity index (χ1) is 15.6. The fourth-order valence-corrected chi connectivity index (χ4v) is 5.19. The number of rotatable bonds is 4. The molecule has 5 rings (SSSR count). The highest BCUT2D eigenvalue weighted by Crippen LogP contribution is 2.40. The van der Waals surface area contributed by atoms with Crippen LogP contribution in [-0.2, 0) is 9.53 Å². The highest BCUT2D eigenvalue weighted by molar-refractivity contribution is 6.22. The van der Waals surface area contributed by atoms with Crippen LogP contribution in [0.3, 0.4) is 0 Å². The number of ketones is 1. The number of carbonyl (C=O) groups is 1. The molecule has 2 heterocycles. The van der Waals surface area contributed by atoms with Crippen molar-refractivity contribution in [1.29, 1.82) is 0 Å². The summed E-state index contributed by atoms with van der Waals surface area (Å²) in [5, 5.41) is 10.9. The van der Waals surface area contributed by atoms with Crippen molar-refractivity contribution in [1.82, 2.24) is 0 Å². The zero-order chi connectivity index (χ0) is 22.1. The number of hydrogen-bond donors (Lipinski definition) is 1. The van der Waals surface area contributed by atoms with Crippen LogP contribution < -0.4 is 9.47 Å². The van der Waals surface area contributed by atoms with E-state index in [1.54, 1.807) is 0 Å². The maximum absolute atomic E-state index is 13.2. The van der Waals surface area contributed by atoms with Crippen molar-refractivity contribution in [3.8, 4) is 22.6 Å². The Morgan fingerprint density at radius 3 is 2.38 bits per heavy atom. The third-order valence-electron chi connectivity index (χ3n) is 6.91. The molecule has 3 aliphatic rings. The monoisotopic (exact) mass is 434 g/mol. The summed E-state index contributed by atoms with van der Waals surface area (Å²) in [6.45, 7) is 4.71. The smallest absolute Gasteiger partial charge is 0.167 e. The molecule has 1 saturated heterocycles. The van der Waals surface area contributed by atoms with Gasteiger partial charge in [0.2, 0.25) is 0 Å². The molecule has 1 aliphatic carbocycles. The van der Waals surface area contributed by atoms with E-state index in [9.17, 15) is 9.90 Å². The van der Waals surface area contributed by atoms with Gasteiger partial charge in [0.25, 0.3) is 0 Å². The van der Waals surface area contributed by atoms with E-state index in [1.807, 2.05) is 43.3 Å². The summed E-state index contributed by atoms with van der Waals surface area (Å²) in [5.74, 6) is 2.59. The summed E-state index contributed by atoms with van der Waals surface area (Å²) < 4.78 is 16.8. The Kier molecular flexibility index (Phi) is 5.92. The van der Waals surface area contributed by atoms with E-state index in [4.69, 9.17) is 14.2 Å². The Morgan fingerprint density at radius 1 is 0.875 bits per heavy atom. The van der Waals surface area contributed by atoms with Crippen molar-refractivity contribution in [2.75, 3.05) is 26.4 Å². The van der Waals surface area contributed by atoms with Crippen LogP contribution in [-0.4, -0.2) is 37.3 Å². The molecule has 2 aliphatic heterocycles. The number of benzene rings is 2. The number of hydrogen-bond acceptors (Lipinski definition) is 5. The van der Waals surface area contributed by atoms with Gasteiger partial charge >= 0.3 is 0 Å². The van der Waals surface area contributed by atoms with Crippen LogP contribution in [0.5, 0.6) is 11.5 Å². The first-order valence-corrected chi connectivity index (χ1v) is 11.6. The number of aliphatic hydroxyl groups excluding tert-OH is 1. The van der Waals surface area contributed by atoms with Crippen molar-refractivity contribution in [3.05, 3.63) is 53.3 Å². The number of fused-ring (bicyclic) bond motifs is 1. The number of aryl methyl sites for hydroxylation is 1. The average Bonchev–Trinajstić information content (AvgIpc) is 2.80. The average molecular weight is 435 g/mol. The summed E-state index contributed by atoms with van der Waals surface area (Å²) in [7, 11) is 0. The molecule has 1 unspecified atom stereocenters. The minimum Gasteiger partial charge on any atom is -0.512 e. The van der Waals surface area contributed by atoms with Gasteiger partial charge in [0.1, 0.15) is 19.0 Å². The second kappa shape index (κ2) is 8.99. The summed E-state index contributed by atoms with van der Waals surface area (Å²) >= 11 is 0. The van der Waals surface area contributed by atoms with Crippen LogP contribution in [0, 0.1) is 18.8 Å². The van der Waals surface area contributed by atoms with E-state index in [2.05, 4.69) is 0 Å². The lowest BCUT2D eigenvalue weighted by Crippen LogP contribution is -2.24. The van der Waals surface area contributed by atoms with E-state index in [0.717, 1.165) is 66.2 Å². The molecule has 1 atom stereocenters. The molecule has 32 heavy (non-hydrogen) atoms. The molecular weight excluding hydrogens is 404 g/mol. The largest absolute Gasteiger partial charge is 0.512 e. The van der Waals surface area contributed by atoms with Gasteiger partial charge in [-0.2, -0.15) is 0 Å². The lowest BCUT2D eigenvalue weighted by atomic mass is 9.77. The fraction of sp³-hybridized carbons (Fsp3) is 0.444. The number of allylic oxidation sites excluding steroid dienone is 2. The number of Topliss-reactive ketones (excluding diaryl/α,β-unsaturated/α-hetero) is 1. The van der Waals surface area contributed by atoms with Gasteiger partial charge < -0.3 is 19.3 Å². The molecule has 1 fully saturated rings. The van der Waals surface area contributed by atoms with Crippen molar-refractivity contribution < 1.29 is 24.1 Å². The quantitative estimate of drug-likeness (QED) is 0.689. The van der Waals surface area contributed by atoms with Crippen LogP contribution in [0.25, 0.3) is 16.7 Å². The number of carbonyl (C=O) groups excluding carboxylic acids is 1. The molecular formula is C27H30O5. The maximum atomic E-state index is 13.2. The molecule has 0 saturated carbocycles. The Labute approximate surface area is 189 Å². The molecule has 0 radical (unpaired) electrons. The van der Waals surface area contributed by atoms with Crippen molar-refractivity contribution in [2.45, 2.75) is 39.0 Å². The zero-order valence-corrected chi connectivity index (χ0v) is 18.6. The van der Waals surface area contributed by atoms with Gasteiger partial charge in [-0.1, -0.05) is 18.2 Å². The van der Waals surface area contributed by atoms with E-state index < -0.39 is 0 Å².